The van der Waals surface area contributed by atoms with Crippen LogP contribution in [0.25, 0.3) is 11.1 Å². The fraction of sp³-hybridized carbons (Fsp3) is 0.368. The summed E-state index contributed by atoms with van der Waals surface area (Å²) in [5.74, 6) is -0.212. The van der Waals surface area contributed by atoms with Crippen molar-refractivity contribution in [3.05, 3.63) is 58.9 Å². The second kappa shape index (κ2) is 6.59. The average molecular weight is 299 g/mol. The fourth-order valence-electron chi connectivity index (χ4n) is 3.07. The van der Waals surface area contributed by atoms with Gasteiger partial charge in [-0.25, -0.2) is 4.39 Å². The largest absolute Gasteiger partial charge is 0.372 e. The van der Waals surface area contributed by atoms with Crippen molar-refractivity contribution in [3.63, 3.8) is 0 Å². The molecule has 0 bridgehead atoms. The summed E-state index contributed by atoms with van der Waals surface area (Å²) in [5, 5.41) is 3.28. The third kappa shape index (κ3) is 3.54. The van der Waals surface area contributed by atoms with Crippen molar-refractivity contribution in [1.29, 1.82) is 0 Å². The van der Waals surface area contributed by atoms with E-state index < -0.39 is 0 Å². The van der Waals surface area contributed by atoms with Crippen LogP contribution in [0.3, 0.4) is 0 Å². The second-order valence-corrected chi connectivity index (χ2v) is 6.10. The van der Waals surface area contributed by atoms with Crippen molar-refractivity contribution < 1.29 is 9.13 Å². The van der Waals surface area contributed by atoms with E-state index in [9.17, 15) is 4.39 Å². The molecule has 0 aromatic heterocycles. The van der Waals surface area contributed by atoms with Gasteiger partial charge in [0.2, 0.25) is 0 Å². The minimum atomic E-state index is -0.212. The van der Waals surface area contributed by atoms with E-state index >= 15 is 0 Å². The van der Waals surface area contributed by atoms with Crippen LogP contribution in [-0.2, 0) is 11.3 Å². The van der Waals surface area contributed by atoms with E-state index in [-0.39, 0.29) is 11.9 Å². The third-order valence-corrected chi connectivity index (χ3v) is 4.09. The van der Waals surface area contributed by atoms with E-state index in [0.717, 1.165) is 36.2 Å². The topological polar surface area (TPSA) is 21.3 Å². The van der Waals surface area contributed by atoms with Gasteiger partial charge in [-0.05, 0) is 55.6 Å². The molecule has 0 aliphatic carbocycles. The van der Waals surface area contributed by atoms with Crippen LogP contribution in [-0.4, -0.2) is 19.2 Å². The molecule has 3 rings (SSSR count). The summed E-state index contributed by atoms with van der Waals surface area (Å²) >= 11 is 0. The lowest BCUT2D eigenvalue weighted by Gasteiger charge is -2.15. The molecule has 0 amide bonds. The van der Waals surface area contributed by atoms with Crippen LogP contribution in [0.5, 0.6) is 0 Å². The molecule has 1 aliphatic heterocycles. The minimum Gasteiger partial charge on any atom is -0.372 e. The Labute approximate surface area is 131 Å². The van der Waals surface area contributed by atoms with E-state index in [1.165, 1.54) is 17.2 Å². The molecule has 0 spiro atoms. The molecule has 1 atom stereocenters. The maximum Gasteiger partial charge on any atom is 0.123 e. The monoisotopic (exact) mass is 299 g/mol. The molecule has 0 saturated carbocycles. The van der Waals surface area contributed by atoms with E-state index in [1.54, 1.807) is 6.07 Å². The highest BCUT2D eigenvalue weighted by atomic mass is 19.1. The zero-order valence-corrected chi connectivity index (χ0v) is 13.2. The van der Waals surface area contributed by atoms with Gasteiger partial charge in [-0.2, -0.15) is 0 Å². The summed E-state index contributed by atoms with van der Waals surface area (Å²) in [6.07, 6.45) is 1.25. The summed E-state index contributed by atoms with van der Waals surface area (Å²) in [4.78, 5) is 0. The molecule has 3 heteroatoms. The Hall–Kier alpha value is -1.71. The van der Waals surface area contributed by atoms with E-state index in [2.05, 4.69) is 37.4 Å². The zero-order valence-electron chi connectivity index (χ0n) is 13.2. The number of aryl methyl sites for hydroxylation is 2. The first-order valence-corrected chi connectivity index (χ1v) is 7.81. The molecule has 1 aliphatic rings. The first kappa shape index (κ1) is 15.2. The van der Waals surface area contributed by atoms with Crippen LogP contribution in [0, 0.1) is 19.7 Å². The summed E-state index contributed by atoms with van der Waals surface area (Å²) in [7, 11) is 0. The minimum absolute atomic E-state index is 0.212. The van der Waals surface area contributed by atoms with Gasteiger partial charge in [0.1, 0.15) is 5.82 Å². The summed E-state index contributed by atoms with van der Waals surface area (Å²) in [6, 6.07) is 11.4. The molecule has 0 radical (unpaired) electrons. The first-order valence-electron chi connectivity index (χ1n) is 7.81. The van der Waals surface area contributed by atoms with Crippen molar-refractivity contribution in [3.8, 4) is 11.1 Å². The number of halogens is 1. The van der Waals surface area contributed by atoms with Gasteiger partial charge >= 0.3 is 0 Å². The molecular formula is C19H22FNO. The van der Waals surface area contributed by atoms with Crippen molar-refractivity contribution in [2.75, 3.05) is 13.1 Å². The molecule has 1 heterocycles. The number of hydrogen-bond donors (Lipinski definition) is 1. The Morgan fingerprint density at radius 1 is 1.14 bits per heavy atom. The lowest BCUT2D eigenvalue weighted by atomic mass is 9.96. The molecule has 2 nitrogen and oxygen atoms in total. The highest BCUT2D eigenvalue weighted by Crippen LogP contribution is 2.27. The predicted octanol–water partition coefficient (Wildman–Crippen LogP) is 3.99. The summed E-state index contributed by atoms with van der Waals surface area (Å²) in [5.41, 5.74) is 5.52. The van der Waals surface area contributed by atoms with Gasteiger partial charge in [-0.1, -0.05) is 35.4 Å². The van der Waals surface area contributed by atoms with E-state index in [1.807, 2.05) is 6.07 Å². The van der Waals surface area contributed by atoms with Crippen LogP contribution in [0.1, 0.15) is 23.1 Å². The van der Waals surface area contributed by atoms with Crippen LogP contribution < -0.4 is 5.32 Å². The van der Waals surface area contributed by atoms with E-state index in [0.29, 0.717) is 6.61 Å². The quantitative estimate of drug-likeness (QED) is 0.921. The van der Waals surface area contributed by atoms with E-state index in [4.69, 9.17) is 4.74 Å². The predicted molar refractivity (Wildman–Crippen MR) is 87.4 cm³/mol. The van der Waals surface area contributed by atoms with Crippen molar-refractivity contribution in [2.45, 2.75) is 33.0 Å². The zero-order chi connectivity index (χ0) is 15.5. The van der Waals surface area contributed by atoms with Crippen LogP contribution in [0.2, 0.25) is 0 Å². The molecule has 1 fully saturated rings. The van der Waals surface area contributed by atoms with Crippen LogP contribution >= 0.6 is 0 Å². The second-order valence-electron chi connectivity index (χ2n) is 6.10. The molecule has 1 saturated heterocycles. The maximum atomic E-state index is 13.7. The normalized spacial score (nSPS) is 17.9. The highest BCUT2D eigenvalue weighted by molar-refractivity contribution is 5.68. The standard InChI is InChI=1S/C19H22FNO/c1-13-7-14(2)9-15(8-13)19-4-3-17(20)10-16(19)12-22-18-5-6-21-11-18/h3-4,7-10,18,21H,5-6,11-12H2,1-2H3. The lowest BCUT2D eigenvalue weighted by molar-refractivity contribution is 0.0543. The van der Waals surface area contributed by atoms with Gasteiger partial charge < -0.3 is 10.1 Å². The van der Waals surface area contributed by atoms with Crippen LogP contribution in [0.4, 0.5) is 4.39 Å². The van der Waals surface area contributed by atoms with Gasteiger partial charge in [0.05, 0.1) is 12.7 Å². The van der Waals surface area contributed by atoms with Gasteiger partial charge in [0.15, 0.2) is 0 Å². The summed E-state index contributed by atoms with van der Waals surface area (Å²) < 4.78 is 19.6. The molecule has 2 aromatic carbocycles. The highest BCUT2D eigenvalue weighted by Gasteiger charge is 2.16. The number of hydrogen-bond acceptors (Lipinski definition) is 2. The fourth-order valence-corrected chi connectivity index (χ4v) is 3.07. The van der Waals surface area contributed by atoms with Crippen LogP contribution in [0.15, 0.2) is 36.4 Å². The molecular weight excluding hydrogens is 277 g/mol. The Morgan fingerprint density at radius 3 is 2.59 bits per heavy atom. The Balaban J connectivity index is 1.89. The average Bonchev–Trinajstić information content (AvgIpc) is 2.97. The van der Waals surface area contributed by atoms with Crippen molar-refractivity contribution in [1.82, 2.24) is 5.32 Å². The van der Waals surface area contributed by atoms with Gasteiger partial charge in [-0.15, -0.1) is 0 Å². The third-order valence-electron chi connectivity index (χ3n) is 4.09. The number of benzene rings is 2. The van der Waals surface area contributed by atoms with Gasteiger partial charge in [0, 0.05) is 6.54 Å². The Morgan fingerprint density at radius 2 is 1.91 bits per heavy atom. The van der Waals surface area contributed by atoms with Crippen molar-refractivity contribution >= 4 is 0 Å². The number of ether oxygens (including phenoxy) is 1. The Kier molecular flexibility index (Phi) is 4.55. The lowest BCUT2D eigenvalue weighted by Crippen LogP contribution is -2.16. The number of rotatable bonds is 4. The molecule has 2 aromatic rings. The summed E-state index contributed by atoms with van der Waals surface area (Å²) in [6.45, 7) is 6.50. The first-order chi connectivity index (χ1) is 10.6. The number of nitrogens with one attached hydrogen (secondary N) is 1. The molecule has 1 unspecified atom stereocenters. The van der Waals surface area contributed by atoms with Gasteiger partial charge in [0.25, 0.3) is 0 Å². The smallest absolute Gasteiger partial charge is 0.123 e. The Bertz CT molecular complexity index is 642. The SMILES string of the molecule is Cc1cc(C)cc(-c2ccc(F)cc2COC2CCNC2)c1. The van der Waals surface area contributed by atoms with Gasteiger partial charge in [-0.3, -0.25) is 0 Å². The van der Waals surface area contributed by atoms with Crippen molar-refractivity contribution in [2.24, 2.45) is 0 Å². The molecule has 1 N–H and O–H groups in total. The molecule has 22 heavy (non-hydrogen) atoms. The maximum absolute atomic E-state index is 13.7. The molecule has 116 valence electrons.